The molecule has 2 unspecified atom stereocenters. The molecule has 3 rings (SSSR count). The maximum absolute atomic E-state index is 13.0. The van der Waals surface area contributed by atoms with Crippen LogP contribution in [0.25, 0.3) is 0 Å². The Kier molecular flexibility index (Phi) is 9.94. The zero-order valence-corrected chi connectivity index (χ0v) is 22.5. The Labute approximate surface area is 230 Å². The molecule has 3 amide bonds. The molecule has 2 aromatic rings. The average Bonchev–Trinajstić information content (AvgIpc) is 2.92. The highest BCUT2D eigenvalue weighted by Gasteiger charge is 2.30. The first-order valence-electron chi connectivity index (χ1n) is 11.4. The van der Waals surface area contributed by atoms with Gasteiger partial charge < -0.3 is 30.5 Å². The van der Waals surface area contributed by atoms with Gasteiger partial charge >= 0.3 is 6.03 Å². The summed E-state index contributed by atoms with van der Waals surface area (Å²) in [6, 6.07) is 5.95. The molecule has 202 valence electrons. The molecule has 1 aromatic heterocycles. The van der Waals surface area contributed by atoms with E-state index in [4.69, 9.17) is 37.8 Å². The second-order valence-corrected chi connectivity index (χ2v) is 8.92. The Morgan fingerprint density at radius 2 is 2.00 bits per heavy atom. The average molecular weight is 563 g/mol. The van der Waals surface area contributed by atoms with E-state index < -0.39 is 17.3 Å². The number of anilines is 4. The van der Waals surface area contributed by atoms with Crippen molar-refractivity contribution in [3.8, 4) is 5.75 Å². The van der Waals surface area contributed by atoms with E-state index in [2.05, 4.69) is 32.5 Å². The van der Waals surface area contributed by atoms with Gasteiger partial charge in [0.25, 0.3) is 0 Å². The van der Waals surface area contributed by atoms with Crippen LogP contribution in [0.15, 0.2) is 65.8 Å². The van der Waals surface area contributed by atoms with Crippen molar-refractivity contribution >= 4 is 58.2 Å². The Morgan fingerprint density at radius 3 is 2.68 bits per heavy atom. The smallest absolute Gasteiger partial charge is 0.327 e. The van der Waals surface area contributed by atoms with Crippen molar-refractivity contribution in [1.29, 1.82) is 0 Å². The largest absolute Gasteiger partial charge is 0.495 e. The second-order valence-electron chi connectivity index (χ2n) is 8.07. The molecule has 1 aliphatic carbocycles. The van der Waals surface area contributed by atoms with Gasteiger partial charge in [-0.15, -0.1) is 11.6 Å². The van der Waals surface area contributed by atoms with Gasteiger partial charge in [-0.2, -0.15) is 0 Å². The fourth-order valence-electron chi connectivity index (χ4n) is 3.41. The van der Waals surface area contributed by atoms with Crippen LogP contribution in [0.3, 0.4) is 0 Å². The lowest BCUT2D eigenvalue weighted by atomic mass is 9.98. The number of urea groups is 1. The van der Waals surface area contributed by atoms with Crippen LogP contribution in [0, 0.1) is 5.92 Å². The van der Waals surface area contributed by atoms with E-state index >= 15 is 0 Å². The monoisotopic (exact) mass is 562 g/mol. The van der Waals surface area contributed by atoms with Gasteiger partial charge in [-0.1, -0.05) is 25.1 Å². The highest BCUT2D eigenvalue weighted by atomic mass is 35.5. The number of nitrogens with zero attached hydrogens (tertiary/aromatic N) is 3. The van der Waals surface area contributed by atoms with Gasteiger partial charge in [-0.3, -0.25) is 9.69 Å². The Morgan fingerprint density at radius 1 is 1.24 bits per heavy atom. The molecule has 0 radical (unpaired) electrons. The molecular weight excluding hydrogens is 535 g/mol. The van der Waals surface area contributed by atoms with Crippen molar-refractivity contribution in [2.45, 2.75) is 12.3 Å². The lowest BCUT2D eigenvalue weighted by Crippen LogP contribution is -2.41. The third kappa shape index (κ3) is 6.94. The fraction of sp³-hybridized carbons (Fsp3) is 0.280. The summed E-state index contributed by atoms with van der Waals surface area (Å²) in [4.78, 5) is 34.7. The first kappa shape index (κ1) is 28.8. The molecule has 0 bridgehead atoms. The molecule has 1 aromatic carbocycles. The van der Waals surface area contributed by atoms with Gasteiger partial charge in [0.2, 0.25) is 5.91 Å². The summed E-state index contributed by atoms with van der Waals surface area (Å²) in [6.45, 7) is 5.29. The molecule has 11 nitrogen and oxygen atoms in total. The predicted octanol–water partition coefficient (Wildman–Crippen LogP) is 4.10. The zero-order chi connectivity index (χ0) is 27.8. The number of halogens is 2. The zero-order valence-electron chi connectivity index (χ0n) is 21.0. The van der Waals surface area contributed by atoms with Crippen molar-refractivity contribution in [2.75, 3.05) is 42.9 Å². The summed E-state index contributed by atoms with van der Waals surface area (Å²) < 4.78 is 10.7. The number of methoxy groups -OCH3 is 1. The van der Waals surface area contributed by atoms with E-state index in [0.29, 0.717) is 34.4 Å². The number of alkyl halides is 1. The second kappa shape index (κ2) is 13.1. The van der Waals surface area contributed by atoms with E-state index in [0.717, 1.165) is 6.08 Å². The highest BCUT2D eigenvalue weighted by molar-refractivity contribution is 6.34. The maximum atomic E-state index is 13.0. The number of aliphatic hydroxyl groups excluding tert-OH is 1. The summed E-state index contributed by atoms with van der Waals surface area (Å²) in [7, 11) is 3.02. The minimum atomic E-state index is -0.560. The quantitative estimate of drug-likeness (QED) is 0.251. The SMILES string of the molecule is C=CC(=O)Nc1cc(OCCO)ccc1Nc1cc(N(C)C(=O)NC2=C(Cl)C(OC)=CC(C)C2Cl)ncn1. The fourth-order valence-corrected chi connectivity index (χ4v) is 4.00. The molecule has 13 heteroatoms. The predicted molar refractivity (Wildman–Crippen MR) is 147 cm³/mol. The first-order chi connectivity index (χ1) is 18.2. The normalized spacial score (nSPS) is 16.7. The lowest BCUT2D eigenvalue weighted by molar-refractivity contribution is -0.111. The molecule has 0 spiro atoms. The van der Waals surface area contributed by atoms with Gasteiger partial charge in [0.1, 0.15) is 41.1 Å². The number of aliphatic hydroxyl groups is 1. The minimum Gasteiger partial charge on any atom is -0.495 e. The summed E-state index contributed by atoms with van der Waals surface area (Å²) in [5.74, 6) is 0.930. The molecule has 0 aliphatic heterocycles. The topological polar surface area (TPSA) is 138 Å². The molecule has 0 saturated carbocycles. The molecule has 0 saturated heterocycles. The van der Waals surface area contributed by atoms with Crippen molar-refractivity contribution in [1.82, 2.24) is 15.3 Å². The van der Waals surface area contributed by atoms with Crippen LogP contribution in [0.2, 0.25) is 0 Å². The van der Waals surface area contributed by atoms with E-state index in [9.17, 15) is 9.59 Å². The van der Waals surface area contributed by atoms with Crippen LogP contribution in [0.5, 0.6) is 5.75 Å². The summed E-state index contributed by atoms with van der Waals surface area (Å²) in [5, 5.41) is 17.2. The van der Waals surface area contributed by atoms with Gasteiger partial charge in [0.05, 0.1) is 36.2 Å². The first-order valence-corrected chi connectivity index (χ1v) is 12.2. The van der Waals surface area contributed by atoms with Crippen LogP contribution in [-0.2, 0) is 9.53 Å². The molecule has 4 N–H and O–H groups in total. The molecule has 0 fully saturated rings. The third-order valence-corrected chi connectivity index (χ3v) is 6.43. The third-order valence-electron chi connectivity index (χ3n) is 5.42. The standard InChI is InChI=1S/C25H28Cl2N6O5/c1-5-21(35)31-17-11-15(38-9-8-34)6-7-16(17)30-19-12-20(29-13-28-19)33(3)25(36)32-24-22(26)14(2)10-18(37-4)23(24)27/h5-7,10-14,22,34H,1,8-9H2,2-4H3,(H,31,35)(H,32,36)(H,28,29,30). The molecule has 2 atom stereocenters. The van der Waals surface area contributed by atoms with Gasteiger partial charge in [-0.25, -0.2) is 14.8 Å². The number of hydrogen-bond donors (Lipinski definition) is 4. The Balaban J connectivity index is 1.81. The number of carbonyl (C=O) groups excluding carboxylic acids is 2. The van der Waals surface area contributed by atoms with Crippen molar-refractivity contribution in [3.63, 3.8) is 0 Å². The van der Waals surface area contributed by atoms with Crippen molar-refractivity contribution in [2.24, 2.45) is 5.92 Å². The van der Waals surface area contributed by atoms with E-state index in [1.54, 1.807) is 30.3 Å². The molecule has 1 aliphatic rings. The van der Waals surface area contributed by atoms with Crippen LogP contribution in [0.1, 0.15) is 6.92 Å². The van der Waals surface area contributed by atoms with E-state index in [1.165, 1.54) is 25.4 Å². The number of amides is 3. The summed E-state index contributed by atoms with van der Waals surface area (Å²) in [6.07, 6.45) is 4.21. The van der Waals surface area contributed by atoms with Gasteiger partial charge in [0.15, 0.2) is 0 Å². The van der Waals surface area contributed by atoms with Crippen LogP contribution >= 0.6 is 23.2 Å². The molecule has 1 heterocycles. The molecule has 38 heavy (non-hydrogen) atoms. The minimum absolute atomic E-state index is 0.0971. The summed E-state index contributed by atoms with van der Waals surface area (Å²) >= 11 is 12.9. The van der Waals surface area contributed by atoms with E-state index in [1.807, 2.05) is 6.92 Å². The van der Waals surface area contributed by atoms with Gasteiger partial charge in [-0.05, 0) is 30.2 Å². The summed E-state index contributed by atoms with van der Waals surface area (Å²) in [5.41, 5.74) is 1.21. The number of nitrogens with one attached hydrogen (secondary N) is 3. The van der Waals surface area contributed by atoms with Crippen LogP contribution < -0.4 is 25.6 Å². The van der Waals surface area contributed by atoms with Crippen molar-refractivity contribution < 1.29 is 24.2 Å². The number of rotatable bonds is 10. The number of hydrogen-bond acceptors (Lipinski definition) is 8. The highest BCUT2D eigenvalue weighted by Crippen LogP contribution is 2.34. The number of aromatic nitrogens is 2. The molecular formula is C25H28Cl2N6O5. The van der Waals surface area contributed by atoms with Crippen molar-refractivity contribution in [3.05, 3.63) is 65.8 Å². The number of allylic oxidation sites excluding steroid dienone is 3. The van der Waals surface area contributed by atoms with Gasteiger partial charge in [0, 0.05) is 19.2 Å². The maximum Gasteiger partial charge on any atom is 0.327 e. The van der Waals surface area contributed by atoms with Crippen LogP contribution in [-0.4, -0.2) is 59.8 Å². The number of ether oxygens (including phenoxy) is 2. The Bertz CT molecular complexity index is 1270. The number of carbonyl (C=O) groups is 2. The number of benzene rings is 1. The Hall–Kier alpha value is -3.80. The lowest BCUT2D eigenvalue weighted by Gasteiger charge is -2.28. The van der Waals surface area contributed by atoms with E-state index in [-0.39, 0.29) is 30.0 Å². The van der Waals surface area contributed by atoms with Crippen LogP contribution in [0.4, 0.5) is 27.8 Å².